The predicted octanol–water partition coefficient (Wildman–Crippen LogP) is 0.945. The Morgan fingerprint density at radius 3 is 2.81 bits per heavy atom. The second-order valence-electron chi connectivity index (χ2n) is 4.38. The first kappa shape index (κ1) is 11.4. The third-order valence-corrected chi connectivity index (χ3v) is 3.19. The largest absolute Gasteiger partial charge is 0.339 e. The third kappa shape index (κ3) is 2.52. The summed E-state index contributed by atoms with van der Waals surface area (Å²) in [6, 6.07) is 0.658. The van der Waals surface area contributed by atoms with Crippen LogP contribution in [0.2, 0.25) is 0 Å². The van der Waals surface area contributed by atoms with E-state index in [2.05, 4.69) is 32.3 Å². The van der Waals surface area contributed by atoms with E-state index in [-0.39, 0.29) is 0 Å². The molecule has 0 radical (unpaired) electrons. The molecule has 2 heterocycles. The Kier molecular flexibility index (Phi) is 3.77. The van der Waals surface area contributed by atoms with E-state index in [1.807, 2.05) is 7.05 Å². The molecule has 0 atom stereocenters. The topological polar surface area (TPSA) is 56.8 Å². The number of hydrogen-bond acceptors (Lipinski definition) is 4. The van der Waals surface area contributed by atoms with Crippen LogP contribution in [0.5, 0.6) is 0 Å². The van der Waals surface area contributed by atoms with Gasteiger partial charge in [0.1, 0.15) is 5.82 Å². The Hall–Kier alpha value is -1.10. The van der Waals surface area contributed by atoms with Gasteiger partial charge in [-0.25, -0.2) is 0 Å². The second-order valence-corrected chi connectivity index (χ2v) is 4.38. The van der Waals surface area contributed by atoms with Crippen molar-refractivity contribution < 1.29 is 0 Å². The molecule has 1 aromatic heterocycles. The summed E-state index contributed by atoms with van der Waals surface area (Å²) in [6.07, 6.45) is 4.44. The van der Waals surface area contributed by atoms with Crippen LogP contribution >= 0.6 is 0 Å². The van der Waals surface area contributed by atoms with Gasteiger partial charge >= 0.3 is 0 Å². The van der Waals surface area contributed by atoms with E-state index in [0.717, 1.165) is 37.7 Å². The van der Waals surface area contributed by atoms with E-state index >= 15 is 0 Å². The fourth-order valence-electron chi connectivity index (χ4n) is 2.14. The number of nitrogens with one attached hydrogen (secondary N) is 2. The fourth-order valence-corrected chi connectivity index (χ4v) is 2.14. The highest BCUT2D eigenvalue weighted by molar-refractivity contribution is 5.29. The van der Waals surface area contributed by atoms with Crippen LogP contribution < -0.4 is 10.2 Å². The average Bonchev–Trinajstić information content (AvgIpc) is 2.78. The number of rotatable bonds is 4. The fraction of sp³-hybridized carbons (Fsp3) is 0.818. The van der Waals surface area contributed by atoms with E-state index in [1.165, 1.54) is 12.8 Å². The molecule has 2 rings (SSSR count). The summed E-state index contributed by atoms with van der Waals surface area (Å²) in [5.41, 5.74) is 0. The van der Waals surface area contributed by atoms with Crippen molar-refractivity contribution >= 4 is 5.95 Å². The van der Waals surface area contributed by atoms with Gasteiger partial charge in [0.15, 0.2) is 0 Å². The molecule has 2 N–H and O–H groups in total. The summed E-state index contributed by atoms with van der Waals surface area (Å²) >= 11 is 0. The summed E-state index contributed by atoms with van der Waals surface area (Å²) in [5, 5.41) is 10.6. The van der Waals surface area contributed by atoms with E-state index in [1.54, 1.807) is 0 Å². The molecular weight excluding hydrogens is 202 g/mol. The number of H-pyrrole nitrogens is 1. The minimum absolute atomic E-state index is 0.658. The molecule has 5 heteroatoms. The molecule has 1 fully saturated rings. The minimum Gasteiger partial charge on any atom is -0.339 e. The summed E-state index contributed by atoms with van der Waals surface area (Å²) in [4.78, 5) is 6.78. The molecule has 0 amide bonds. The van der Waals surface area contributed by atoms with Crippen LogP contribution in [0.3, 0.4) is 0 Å². The Morgan fingerprint density at radius 2 is 2.19 bits per heavy atom. The highest BCUT2D eigenvalue weighted by atomic mass is 15.4. The van der Waals surface area contributed by atoms with Gasteiger partial charge in [-0.2, -0.15) is 4.98 Å². The zero-order valence-corrected chi connectivity index (χ0v) is 10.2. The molecule has 0 unspecified atom stereocenters. The molecule has 5 nitrogen and oxygen atoms in total. The normalized spacial score (nSPS) is 18.0. The summed E-state index contributed by atoms with van der Waals surface area (Å²) in [5.74, 6) is 1.88. The minimum atomic E-state index is 0.658. The Bertz CT molecular complexity index is 314. The van der Waals surface area contributed by atoms with Gasteiger partial charge < -0.3 is 10.2 Å². The first-order valence-electron chi connectivity index (χ1n) is 6.17. The van der Waals surface area contributed by atoms with Crippen LogP contribution in [0.1, 0.15) is 32.0 Å². The molecule has 0 saturated carbocycles. The van der Waals surface area contributed by atoms with E-state index in [4.69, 9.17) is 0 Å². The maximum atomic E-state index is 4.51. The quantitative estimate of drug-likeness (QED) is 0.798. The number of aryl methyl sites for hydroxylation is 1. The summed E-state index contributed by atoms with van der Waals surface area (Å²) in [6.45, 7) is 4.25. The van der Waals surface area contributed by atoms with Gasteiger partial charge in [-0.15, -0.1) is 5.10 Å². The highest BCUT2D eigenvalue weighted by Crippen LogP contribution is 2.15. The molecule has 16 heavy (non-hydrogen) atoms. The van der Waals surface area contributed by atoms with Gasteiger partial charge in [0.2, 0.25) is 5.95 Å². The number of anilines is 1. The van der Waals surface area contributed by atoms with Crippen LogP contribution in [-0.2, 0) is 6.42 Å². The second kappa shape index (κ2) is 5.30. The van der Waals surface area contributed by atoms with Crippen molar-refractivity contribution in [1.82, 2.24) is 20.5 Å². The molecule has 0 aliphatic carbocycles. The highest BCUT2D eigenvalue weighted by Gasteiger charge is 2.20. The number of hydrogen-bond donors (Lipinski definition) is 2. The van der Waals surface area contributed by atoms with Gasteiger partial charge in [0.25, 0.3) is 0 Å². The molecule has 1 aromatic rings. The number of piperidine rings is 1. The zero-order chi connectivity index (χ0) is 11.4. The van der Waals surface area contributed by atoms with Crippen LogP contribution in [0, 0.1) is 0 Å². The lowest BCUT2D eigenvalue weighted by Crippen LogP contribution is -2.41. The third-order valence-electron chi connectivity index (χ3n) is 3.19. The van der Waals surface area contributed by atoms with Gasteiger partial charge in [-0.3, -0.25) is 5.10 Å². The van der Waals surface area contributed by atoms with E-state index < -0.39 is 0 Å². The van der Waals surface area contributed by atoms with Crippen molar-refractivity contribution in [1.29, 1.82) is 0 Å². The van der Waals surface area contributed by atoms with Crippen molar-refractivity contribution in [2.45, 2.75) is 38.6 Å². The predicted molar refractivity (Wildman–Crippen MR) is 64.7 cm³/mol. The maximum Gasteiger partial charge on any atom is 0.244 e. The Balaban J connectivity index is 1.92. The van der Waals surface area contributed by atoms with Gasteiger partial charge in [-0.1, -0.05) is 6.92 Å². The van der Waals surface area contributed by atoms with Gasteiger partial charge in [0, 0.05) is 25.6 Å². The lowest BCUT2D eigenvalue weighted by Gasteiger charge is -2.30. The molecule has 1 aliphatic rings. The molecule has 1 aliphatic heterocycles. The molecule has 1 saturated heterocycles. The smallest absolute Gasteiger partial charge is 0.244 e. The monoisotopic (exact) mass is 223 g/mol. The Labute approximate surface area is 96.6 Å². The van der Waals surface area contributed by atoms with Crippen LogP contribution in [0.25, 0.3) is 0 Å². The van der Waals surface area contributed by atoms with E-state index in [0.29, 0.717) is 6.04 Å². The molecule has 0 bridgehead atoms. The summed E-state index contributed by atoms with van der Waals surface area (Å²) < 4.78 is 0. The molecule has 0 spiro atoms. The SMILES string of the molecule is CCCc1nc(N2CCC(NC)CC2)n[nH]1. The number of nitrogens with zero attached hydrogens (tertiary/aromatic N) is 3. The standard InChI is InChI=1S/C11H21N5/c1-3-4-10-13-11(15-14-10)16-7-5-9(12-2)6-8-16/h9,12H,3-8H2,1-2H3,(H,13,14,15). The lowest BCUT2D eigenvalue weighted by atomic mass is 10.1. The first-order chi connectivity index (χ1) is 7.83. The van der Waals surface area contributed by atoms with Crippen molar-refractivity contribution in [3.05, 3.63) is 5.82 Å². The first-order valence-corrected chi connectivity index (χ1v) is 6.17. The summed E-state index contributed by atoms with van der Waals surface area (Å²) in [7, 11) is 2.03. The lowest BCUT2D eigenvalue weighted by molar-refractivity contribution is 0.439. The molecule has 90 valence electrons. The zero-order valence-electron chi connectivity index (χ0n) is 10.2. The average molecular weight is 223 g/mol. The van der Waals surface area contributed by atoms with Crippen molar-refractivity contribution in [2.24, 2.45) is 0 Å². The van der Waals surface area contributed by atoms with Crippen LogP contribution in [0.4, 0.5) is 5.95 Å². The van der Waals surface area contributed by atoms with Crippen LogP contribution in [0.15, 0.2) is 0 Å². The van der Waals surface area contributed by atoms with Gasteiger partial charge in [0.05, 0.1) is 0 Å². The molecule has 0 aromatic carbocycles. The van der Waals surface area contributed by atoms with Crippen molar-refractivity contribution in [3.63, 3.8) is 0 Å². The van der Waals surface area contributed by atoms with Crippen LogP contribution in [-0.4, -0.2) is 41.4 Å². The maximum absolute atomic E-state index is 4.51. The number of aromatic amines is 1. The molecular formula is C11H21N5. The van der Waals surface area contributed by atoms with E-state index in [9.17, 15) is 0 Å². The Morgan fingerprint density at radius 1 is 1.44 bits per heavy atom. The van der Waals surface area contributed by atoms with Crippen molar-refractivity contribution in [2.75, 3.05) is 25.0 Å². The van der Waals surface area contributed by atoms with Crippen molar-refractivity contribution in [3.8, 4) is 0 Å². The van der Waals surface area contributed by atoms with Gasteiger partial charge in [-0.05, 0) is 26.3 Å². The number of aromatic nitrogens is 3.